The maximum Gasteiger partial charge on any atom is 0.148 e. The molecule has 6 heteroatoms. The molecule has 26 heavy (non-hydrogen) atoms. The lowest BCUT2D eigenvalue weighted by atomic mass is 9.84. The molecule has 138 valence electrons. The van der Waals surface area contributed by atoms with Crippen LogP contribution in [0.25, 0.3) is 0 Å². The zero-order valence-corrected chi connectivity index (χ0v) is 17.1. The number of halogens is 1. The number of morpholine rings is 1. The van der Waals surface area contributed by atoms with Gasteiger partial charge in [0.25, 0.3) is 0 Å². The van der Waals surface area contributed by atoms with E-state index in [0.717, 1.165) is 38.4 Å². The van der Waals surface area contributed by atoms with E-state index < -0.39 is 0 Å². The third-order valence-corrected chi connectivity index (χ3v) is 7.18. The second-order valence-corrected chi connectivity index (χ2v) is 8.94. The number of allylic oxidation sites excluding steroid dienone is 1. The summed E-state index contributed by atoms with van der Waals surface area (Å²) in [5.74, 6) is 0.516. The Bertz CT molecular complexity index is 728. The van der Waals surface area contributed by atoms with Crippen molar-refractivity contribution in [3.63, 3.8) is 0 Å². The number of rotatable bonds is 3. The van der Waals surface area contributed by atoms with Crippen LogP contribution < -0.4 is 5.01 Å². The van der Waals surface area contributed by atoms with Gasteiger partial charge < -0.3 is 4.74 Å². The molecule has 0 spiro atoms. The van der Waals surface area contributed by atoms with E-state index in [1.165, 1.54) is 29.3 Å². The van der Waals surface area contributed by atoms with Gasteiger partial charge in [-0.25, -0.2) is 5.01 Å². The van der Waals surface area contributed by atoms with Gasteiger partial charge in [0.1, 0.15) is 11.7 Å². The minimum atomic E-state index is -0.146. The zero-order valence-electron chi connectivity index (χ0n) is 15.0. The highest BCUT2D eigenvalue weighted by molar-refractivity contribution is 14.1. The largest absolute Gasteiger partial charge is 0.379 e. The standard InChI is InChI=1S/C20H25IN4O/c21-16-5-7-17(8-6-16)25-20(24-11-13-26-14-12-24)18(15-3-1-2-4-15)9-10-19(20)22-23-25/h3,5-8,18-19H,1-2,4,9-14H2/t18-,19+,20-/m0/s1. The highest BCUT2D eigenvalue weighted by atomic mass is 127. The minimum Gasteiger partial charge on any atom is -0.379 e. The average molecular weight is 464 g/mol. The maximum absolute atomic E-state index is 5.68. The predicted octanol–water partition coefficient (Wildman–Crippen LogP) is 4.40. The fraction of sp³-hybridized carbons (Fsp3) is 0.600. The molecule has 2 aliphatic carbocycles. The molecule has 1 aromatic carbocycles. The highest BCUT2D eigenvalue weighted by Gasteiger charge is 2.62. The Kier molecular flexibility index (Phi) is 4.53. The van der Waals surface area contributed by atoms with Gasteiger partial charge in [0, 0.05) is 22.6 Å². The van der Waals surface area contributed by atoms with Crippen molar-refractivity contribution in [3.05, 3.63) is 39.5 Å². The molecule has 2 aliphatic heterocycles. The van der Waals surface area contributed by atoms with E-state index in [0.29, 0.717) is 5.92 Å². The summed E-state index contributed by atoms with van der Waals surface area (Å²) in [6, 6.07) is 8.99. The first-order chi connectivity index (χ1) is 12.8. The van der Waals surface area contributed by atoms with Crippen molar-refractivity contribution in [1.82, 2.24) is 4.90 Å². The monoisotopic (exact) mass is 464 g/mol. The summed E-state index contributed by atoms with van der Waals surface area (Å²) in [6.07, 6.45) is 8.61. The fourth-order valence-electron chi connectivity index (χ4n) is 5.40. The van der Waals surface area contributed by atoms with Crippen molar-refractivity contribution < 1.29 is 4.74 Å². The third-order valence-electron chi connectivity index (χ3n) is 6.46. The van der Waals surface area contributed by atoms with Crippen LogP contribution in [-0.2, 0) is 4.74 Å². The smallest absolute Gasteiger partial charge is 0.148 e. The SMILES string of the molecule is Ic1ccc(N2N=N[C@@H]3CC[C@@H](C4=CCCC4)[C@@]32N2CCOCC2)cc1. The third kappa shape index (κ3) is 2.56. The molecule has 2 heterocycles. The summed E-state index contributed by atoms with van der Waals surface area (Å²) in [4.78, 5) is 2.63. The van der Waals surface area contributed by atoms with Gasteiger partial charge in [-0.1, -0.05) is 16.9 Å². The van der Waals surface area contributed by atoms with Gasteiger partial charge in [0.05, 0.1) is 18.9 Å². The topological polar surface area (TPSA) is 40.4 Å². The molecule has 1 saturated heterocycles. The lowest BCUT2D eigenvalue weighted by molar-refractivity contribution is -0.0340. The van der Waals surface area contributed by atoms with E-state index in [2.05, 4.69) is 62.8 Å². The average Bonchev–Trinajstić information content (AvgIpc) is 3.39. The highest BCUT2D eigenvalue weighted by Crippen LogP contribution is 2.54. The molecule has 5 nitrogen and oxygen atoms in total. The molecule has 3 atom stereocenters. The van der Waals surface area contributed by atoms with Crippen LogP contribution in [-0.4, -0.2) is 42.9 Å². The number of ether oxygens (including phenoxy) is 1. The molecule has 0 bridgehead atoms. The lowest BCUT2D eigenvalue weighted by Crippen LogP contribution is -2.66. The van der Waals surface area contributed by atoms with Crippen LogP contribution in [0.3, 0.4) is 0 Å². The molecule has 0 radical (unpaired) electrons. The normalized spacial score (nSPS) is 34.3. The first kappa shape index (κ1) is 17.1. The predicted molar refractivity (Wildman–Crippen MR) is 110 cm³/mol. The van der Waals surface area contributed by atoms with Crippen LogP contribution in [0, 0.1) is 9.49 Å². The minimum absolute atomic E-state index is 0.146. The Labute approximate surface area is 168 Å². The van der Waals surface area contributed by atoms with Crippen LogP contribution >= 0.6 is 22.6 Å². The van der Waals surface area contributed by atoms with Crippen molar-refractivity contribution in [2.24, 2.45) is 16.3 Å². The summed E-state index contributed by atoms with van der Waals surface area (Å²) < 4.78 is 6.94. The Morgan fingerprint density at radius 3 is 2.65 bits per heavy atom. The van der Waals surface area contributed by atoms with Gasteiger partial charge >= 0.3 is 0 Å². The summed E-state index contributed by atoms with van der Waals surface area (Å²) in [6.45, 7) is 3.54. The molecule has 0 unspecified atom stereocenters. The van der Waals surface area contributed by atoms with E-state index in [1.807, 2.05) is 0 Å². The number of nitrogens with zero attached hydrogens (tertiary/aromatic N) is 4. The van der Waals surface area contributed by atoms with Crippen LogP contribution in [0.4, 0.5) is 5.69 Å². The van der Waals surface area contributed by atoms with Gasteiger partial charge in [0.15, 0.2) is 0 Å². The van der Waals surface area contributed by atoms with Crippen molar-refractivity contribution in [1.29, 1.82) is 0 Å². The molecular weight excluding hydrogens is 439 g/mol. The quantitative estimate of drug-likeness (QED) is 0.492. The van der Waals surface area contributed by atoms with Crippen molar-refractivity contribution in [2.45, 2.75) is 43.8 Å². The second-order valence-electron chi connectivity index (χ2n) is 7.69. The molecule has 2 fully saturated rings. The van der Waals surface area contributed by atoms with Crippen molar-refractivity contribution >= 4 is 28.3 Å². The van der Waals surface area contributed by atoms with Gasteiger partial charge in [-0.15, -0.1) is 0 Å². The van der Waals surface area contributed by atoms with Crippen LogP contribution in [0.5, 0.6) is 0 Å². The number of anilines is 1. The molecule has 1 saturated carbocycles. The van der Waals surface area contributed by atoms with Crippen LogP contribution in [0.15, 0.2) is 46.3 Å². The summed E-state index contributed by atoms with van der Waals surface area (Å²) in [5.41, 5.74) is 2.66. The fourth-order valence-corrected chi connectivity index (χ4v) is 5.76. The van der Waals surface area contributed by atoms with Crippen LogP contribution in [0.1, 0.15) is 32.1 Å². The molecule has 4 aliphatic rings. The first-order valence-corrected chi connectivity index (χ1v) is 10.9. The van der Waals surface area contributed by atoms with E-state index in [1.54, 1.807) is 5.57 Å². The Morgan fingerprint density at radius 1 is 1.12 bits per heavy atom. The van der Waals surface area contributed by atoms with Crippen LogP contribution in [0.2, 0.25) is 0 Å². The number of hydrogen-bond donors (Lipinski definition) is 0. The van der Waals surface area contributed by atoms with E-state index in [9.17, 15) is 0 Å². The maximum atomic E-state index is 5.68. The molecule has 0 aromatic heterocycles. The Balaban J connectivity index is 1.61. The van der Waals surface area contributed by atoms with Crippen molar-refractivity contribution in [2.75, 3.05) is 31.3 Å². The van der Waals surface area contributed by atoms with Gasteiger partial charge in [-0.05, 0) is 79.0 Å². The van der Waals surface area contributed by atoms with E-state index >= 15 is 0 Å². The van der Waals surface area contributed by atoms with Gasteiger partial charge in [0.2, 0.25) is 0 Å². The number of fused-ring (bicyclic) bond motifs is 1. The number of hydrogen-bond acceptors (Lipinski definition) is 5. The molecular formula is C20H25IN4O. The number of benzene rings is 1. The van der Waals surface area contributed by atoms with E-state index in [-0.39, 0.29) is 11.7 Å². The first-order valence-electron chi connectivity index (χ1n) is 9.78. The summed E-state index contributed by atoms with van der Waals surface area (Å²) in [5, 5.41) is 11.8. The van der Waals surface area contributed by atoms with Gasteiger partial charge in [-0.3, -0.25) is 4.90 Å². The molecule has 1 aromatic rings. The van der Waals surface area contributed by atoms with Gasteiger partial charge in [-0.2, -0.15) is 5.11 Å². The zero-order chi connectivity index (χ0) is 17.6. The second kappa shape index (κ2) is 6.87. The molecule has 0 N–H and O–H groups in total. The molecule has 5 rings (SSSR count). The van der Waals surface area contributed by atoms with Crippen molar-refractivity contribution in [3.8, 4) is 0 Å². The Hall–Kier alpha value is -0.990. The van der Waals surface area contributed by atoms with E-state index in [4.69, 9.17) is 15.1 Å². The molecule has 0 amide bonds. The summed E-state index contributed by atoms with van der Waals surface area (Å²) >= 11 is 2.36. The lowest BCUT2D eigenvalue weighted by Gasteiger charge is -2.50. The summed E-state index contributed by atoms with van der Waals surface area (Å²) in [7, 11) is 0. The Morgan fingerprint density at radius 2 is 1.92 bits per heavy atom.